The molecule has 0 unspecified atom stereocenters. The van der Waals surface area contributed by atoms with E-state index in [1.54, 1.807) is 30.3 Å². The molecule has 0 saturated carbocycles. The Hall–Kier alpha value is 0.985. The number of carboxylic acids is 1. The number of carbonyl (C=O) groups is 1. The number of aromatic carboxylic acids is 1. The Morgan fingerprint density at radius 1 is 1.00 bits per heavy atom. The van der Waals surface area contributed by atoms with Crippen LogP contribution in [0.25, 0.3) is 33.4 Å². The third kappa shape index (κ3) is 5.69. The van der Waals surface area contributed by atoms with Gasteiger partial charge in [0.2, 0.25) is 0 Å². The van der Waals surface area contributed by atoms with Crippen molar-refractivity contribution < 1.29 is 47.5 Å². The van der Waals surface area contributed by atoms with Crippen LogP contribution in [0.3, 0.4) is 0 Å². The van der Waals surface area contributed by atoms with Gasteiger partial charge in [0.15, 0.2) is 0 Å². The topological polar surface area (TPSA) is 108 Å². The molecule has 3 N–H and O–H groups in total. The number of hydrogen-bond acceptors (Lipinski definition) is 5. The molecule has 6 nitrogen and oxygen atoms in total. The molecule has 0 aromatic heterocycles. The molecule has 1 heterocycles. The zero-order valence-corrected chi connectivity index (χ0v) is 26.0. The Morgan fingerprint density at radius 3 is 2.28 bits per heavy atom. The molecular weight excluding hydrogens is 869 g/mol. The summed E-state index contributed by atoms with van der Waals surface area (Å²) >= 11 is 3.88. The summed E-state index contributed by atoms with van der Waals surface area (Å²) in [7, 11) is 0. The van der Waals surface area contributed by atoms with Crippen LogP contribution in [-0.4, -0.2) is 78.3 Å². The summed E-state index contributed by atoms with van der Waals surface area (Å²) in [6, 6.07) is 11.1. The van der Waals surface area contributed by atoms with E-state index in [0.717, 1.165) is 0 Å². The van der Waals surface area contributed by atoms with E-state index in [4.69, 9.17) is 4.42 Å². The Bertz CT molecular complexity index is 1350. The zero-order chi connectivity index (χ0) is 20.9. The number of aromatic hydroxyl groups is 1. The van der Waals surface area contributed by atoms with E-state index in [1.807, 2.05) is 0 Å². The van der Waals surface area contributed by atoms with Crippen molar-refractivity contribution in [3.05, 3.63) is 67.2 Å². The number of benzene rings is 3. The van der Waals surface area contributed by atoms with Crippen molar-refractivity contribution in [2.24, 2.45) is 0 Å². The van der Waals surface area contributed by atoms with Crippen LogP contribution in [-0.2, 0) is 25.0 Å². The van der Waals surface area contributed by atoms with Crippen molar-refractivity contribution in [2.45, 2.75) is 0 Å². The first-order chi connectivity index (χ1) is 13.8. The fraction of sp³-hybridized carbons (Fsp3) is 0. The summed E-state index contributed by atoms with van der Waals surface area (Å²) < 4.78 is 17.0. The summed E-state index contributed by atoms with van der Waals surface area (Å²) in [5.74, 6) is -0.949. The SMILES string of the molecule is I.O=C(O)c1ccccc1-c1c2cc(Br)c(=O)cc-2oc2[c]([Hg][OH])c(O)c(Br)cc12.[NaH].[NaH]. The van der Waals surface area contributed by atoms with Gasteiger partial charge >= 0.3 is 254 Å². The normalized spacial score (nSPS) is 9.97. The molecular formula is C20H13Br2HgINa2O6. The maximum absolute atomic E-state index is 12.2. The first kappa shape index (κ1) is 31.0. The van der Waals surface area contributed by atoms with E-state index in [2.05, 4.69) is 31.9 Å². The van der Waals surface area contributed by atoms with Gasteiger partial charge in [-0.25, -0.2) is 0 Å². The van der Waals surface area contributed by atoms with Crippen LogP contribution in [0.4, 0.5) is 0 Å². The zero-order valence-electron chi connectivity index (χ0n) is 15.0. The monoisotopic (exact) mass is 882 g/mol. The van der Waals surface area contributed by atoms with Gasteiger partial charge < -0.3 is 0 Å². The van der Waals surface area contributed by atoms with Crippen molar-refractivity contribution in [1.29, 1.82) is 0 Å². The second kappa shape index (κ2) is 12.8. The summed E-state index contributed by atoms with van der Waals surface area (Å²) in [5.41, 5.74) is 1.57. The minimum atomic E-state index is -2.67. The van der Waals surface area contributed by atoms with Gasteiger partial charge in [-0.3, -0.25) is 0 Å². The first-order valence-electron chi connectivity index (χ1n) is 8.37. The van der Waals surface area contributed by atoms with Gasteiger partial charge in [-0.1, -0.05) is 0 Å². The van der Waals surface area contributed by atoms with Gasteiger partial charge in [0, 0.05) is 0 Å². The molecule has 0 bridgehead atoms. The molecule has 12 heteroatoms. The molecule has 32 heavy (non-hydrogen) atoms. The van der Waals surface area contributed by atoms with Gasteiger partial charge in [0.1, 0.15) is 0 Å². The molecule has 0 spiro atoms. The number of phenolic OH excluding ortho intramolecular Hbond substituents is 1. The summed E-state index contributed by atoms with van der Waals surface area (Å²) in [6.07, 6.45) is 0. The van der Waals surface area contributed by atoms with Crippen molar-refractivity contribution in [1.82, 2.24) is 0 Å². The van der Waals surface area contributed by atoms with Crippen LogP contribution in [0.1, 0.15) is 10.4 Å². The number of rotatable bonds is 3. The quantitative estimate of drug-likeness (QED) is 0.166. The second-order valence-corrected chi connectivity index (χ2v) is 12.0. The van der Waals surface area contributed by atoms with Crippen molar-refractivity contribution in [3.63, 3.8) is 0 Å². The van der Waals surface area contributed by atoms with Crippen LogP contribution in [0.2, 0.25) is 0 Å². The summed E-state index contributed by atoms with van der Waals surface area (Å²) in [5, 5.41) is 20.6. The van der Waals surface area contributed by atoms with Gasteiger partial charge in [0.25, 0.3) is 0 Å². The fourth-order valence-electron chi connectivity index (χ4n) is 3.37. The Labute approximate surface area is 273 Å². The Kier molecular flexibility index (Phi) is 12.4. The molecule has 1 aliphatic carbocycles. The third-order valence-corrected chi connectivity index (χ3v) is 9.68. The number of hydrogen-bond donors (Lipinski definition) is 3. The van der Waals surface area contributed by atoms with Crippen molar-refractivity contribution >= 4 is 135 Å². The second-order valence-electron chi connectivity index (χ2n) is 6.33. The van der Waals surface area contributed by atoms with Crippen LogP contribution in [0.5, 0.6) is 5.75 Å². The average Bonchev–Trinajstić information content (AvgIpc) is 2.69. The van der Waals surface area contributed by atoms with E-state index in [0.29, 0.717) is 34.1 Å². The molecule has 2 aromatic carbocycles. The van der Waals surface area contributed by atoms with Gasteiger partial charge in [0.05, 0.1) is 0 Å². The Balaban J connectivity index is 0.00000171. The summed E-state index contributed by atoms with van der Waals surface area (Å²) in [4.78, 5) is 24.0. The van der Waals surface area contributed by atoms with Crippen LogP contribution < -0.4 is 8.50 Å². The molecule has 154 valence electrons. The Morgan fingerprint density at radius 2 is 1.66 bits per heavy atom. The van der Waals surface area contributed by atoms with Crippen molar-refractivity contribution in [3.8, 4) is 28.2 Å². The molecule has 4 rings (SSSR count). The van der Waals surface area contributed by atoms with Gasteiger partial charge in [-0.05, 0) is 0 Å². The van der Waals surface area contributed by atoms with E-state index in [1.165, 1.54) is 12.1 Å². The number of halogens is 3. The molecule has 2 aromatic rings. The fourth-order valence-corrected chi connectivity index (χ4v) is 8.09. The van der Waals surface area contributed by atoms with E-state index in [-0.39, 0.29) is 111 Å². The first-order valence-corrected chi connectivity index (χ1v) is 15.2. The predicted molar refractivity (Wildman–Crippen MR) is 140 cm³/mol. The molecule has 2 aliphatic rings. The van der Waals surface area contributed by atoms with Crippen LogP contribution >= 0.6 is 55.8 Å². The van der Waals surface area contributed by atoms with E-state index in [9.17, 15) is 22.8 Å². The molecule has 0 atom stereocenters. The third-order valence-electron chi connectivity index (χ3n) is 4.67. The van der Waals surface area contributed by atoms with E-state index >= 15 is 0 Å². The van der Waals surface area contributed by atoms with Crippen LogP contribution in [0, 0.1) is 0 Å². The average molecular weight is 883 g/mol. The molecule has 0 fully saturated rings. The van der Waals surface area contributed by atoms with Gasteiger partial charge in [-0.15, -0.1) is 24.0 Å². The number of carboxylic acid groups (broad SMARTS) is 1. The molecule has 0 saturated heterocycles. The van der Waals surface area contributed by atoms with E-state index < -0.39 is 31.0 Å². The molecule has 0 amide bonds. The molecule has 1 aliphatic heterocycles. The standard InChI is InChI=1S/C20H9Br2O5.Hg.HI.2Na.H2O.2H/c21-13-5-11-17(7-15(13)23)27-18-8-16(24)14(22)6-12(18)19(11)9-3-1-2-4-10(9)20(25)26;;;;;;;/h1-7,24H,(H,25,26);;1H;;;1H2;;/q;+1;;;;;;/p-1. The minimum absolute atomic E-state index is 0. The number of phenols is 1. The van der Waals surface area contributed by atoms with Crippen molar-refractivity contribution in [2.75, 3.05) is 0 Å². The molecule has 0 radical (unpaired) electrons. The predicted octanol–water partition coefficient (Wildman–Crippen LogP) is 3.43. The van der Waals surface area contributed by atoms with Gasteiger partial charge in [-0.2, -0.15) is 0 Å². The number of fused-ring (bicyclic) bond motifs is 2. The maximum atomic E-state index is 12.2. The summed E-state index contributed by atoms with van der Waals surface area (Å²) in [6.45, 7) is 0. The van der Waals surface area contributed by atoms with Crippen LogP contribution in [0.15, 0.2) is 60.6 Å².